The largest absolute Gasteiger partial charge is 0.497 e. The Balaban J connectivity index is 1.51. The van der Waals surface area contributed by atoms with Crippen LogP contribution < -0.4 is 10.1 Å². The van der Waals surface area contributed by atoms with Gasteiger partial charge in [-0.25, -0.2) is 4.98 Å². The molecular formula is C24H28N4O. The lowest BCUT2D eigenvalue weighted by Crippen LogP contribution is -2.34. The summed E-state index contributed by atoms with van der Waals surface area (Å²) in [4.78, 5) is 12.0. The fraction of sp³-hybridized carbons (Fsp3) is 0.333. The third-order valence-electron chi connectivity index (χ3n) is 5.58. The molecule has 2 aromatic heterocycles. The molecule has 3 aromatic rings. The molecule has 150 valence electrons. The van der Waals surface area contributed by atoms with E-state index in [0.717, 1.165) is 42.5 Å². The van der Waals surface area contributed by atoms with E-state index < -0.39 is 0 Å². The summed E-state index contributed by atoms with van der Waals surface area (Å²) in [7, 11) is 3.63. The number of aromatic nitrogens is 2. The summed E-state index contributed by atoms with van der Waals surface area (Å²) >= 11 is 0. The van der Waals surface area contributed by atoms with Crippen molar-refractivity contribution < 1.29 is 4.74 Å². The third-order valence-corrected chi connectivity index (χ3v) is 5.58. The highest BCUT2D eigenvalue weighted by molar-refractivity contribution is 5.61. The number of hydrogen-bond acceptors (Lipinski definition) is 5. The molecule has 0 unspecified atom stereocenters. The number of benzene rings is 1. The van der Waals surface area contributed by atoms with Crippen LogP contribution in [0, 0.1) is 0 Å². The zero-order valence-electron chi connectivity index (χ0n) is 17.1. The Hall–Kier alpha value is -2.92. The average Bonchev–Trinajstić information content (AvgIpc) is 2.80. The molecule has 1 atom stereocenters. The Morgan fingerprint density at radius 1 is 1.14 bits per heavy atom. The number of pyridine rings is 2. The van der Waals surface area contributed by atoms with Crippen LogP contribution in [-0.2, 0) is 6.54 Å². The molecule has 0 aliphatic carbocycles. The molecule has 1 fully saturated rings. The number of anilines is 1. The molecule has 1 aromatic carbocycles. The predicted molar refractivity (Wildman–Crippen MR) is 117 cm³/mol. The first kappa shape index (κ1) is 19.4. The smallest absolute Gasteiger partial charge is 0.130 e. The van der Waals surface area contributed by atoms with Crippen LogP contribution in [0.15, 0.2) is 60.8 Å². The quantitative estimate of drug-likeness (QED) is 0.670. The average molecular weight is 389 g/mol. The van der Waals surface area contributed by atoms with Gasteiger partial charge < -0.3 is 10.1 Å². The number of piperidine rings is 1. The second-order valence-electron chi connectivity index (χ2n) is 7.52. The van der Waals surface area contributed by atoms with Crippen LogP contribution in [0.1, 0.15) is 30.0 Å². The topological polar surface area (TPSA) is 50.3 Å². The first-order chi connectivity index (χ1) is 14.3. The van der Waals surface area contributed by atoms with Gasteiger partial charge >= 0.3 is 0 Å². The van der Waals surface area contributed by atoms with Crippen molar-refractivity contribution in [2.24, 2.45) is 0 Å². The minimum absolute atomic E-state index is 0.448. The van der Waals surface area contributed by atoms with E-state index in [9.17, 15) is 0 Å². The molecule has 29 heavy (non-hydrogen) atoms. The van der Waals surface area contributed by atoms with E-state index in [1.54, 1.807) is 7.11 Å². The lowest BCUT2D eigenvalue weighted by Gasteiger charge is -2.33. The van der Waals surface area contributed by atoms with Gasteiger partial charge in [0.25, 0.3) is 0 Å². The molecule has 1 N–H and O–H groups in total. The first-order valence-electron chi connectivity index (χ1n) is 10.2. The van der Waals surface area contributed by atoms with Crippen molar-refractivity contribution in [2.45, 2.75) is 25.3 Å². The van der Waals surface area contributed by atoms with E-state index in [2.05, 4.69) is 45.5 Å². The van der Waals surface area contributed by atoms with Crippen molar-refractivity contribution in [1.29, 1.82) is 0 Å². The second kappa shape index (κ2) is 9.05. The molecule has 0 saturated carbocycles. The van der Waals surface area contributed by atoms with E-state index in [1.165, 1.54) is 24.1 Å². The van der Waals surface area contributed by atoms with Crippen molar-refractivity contribution >= 4 is 5.82 Å². The van der Waals surface area contributed by atoms with Crippen LogP contribution in [-0.4, -0.2) is 42.1 Å². The monoisotopic (exact) mass is 388 g/mol. The molecule has 3 heterocycles. The maximum atomic E-state index is 5.37. The fourth-order valence-electron chi connectivity index (χ4n) is 4.09. The molecule has 0 spiro atoms. The maximum absolute atomic E-state index is 5.37. The van der Waals surface area contributed by atoms with Crippen molar-refractivity contribution in [3.63, 3.8) is 0 Å². The molecule has 5 heteroatoms. The van der Waals surface area contributed by atoms with Gasteiger partial charge in [-0.05, 0) is 49.7 Å². The Kier molecular flexibility index (Phi) is 6.06. The summed E-state index contributed by atoms with van der Waals surface area (Å²) in [5.74, 6) is 2.27. The van der Waals surface area contributed by atoms with Crippen molar-refractivity contribution in [3.8, 4) is 17.0 Å². The van der Waals surface area contributed by atoms with E-state index in [0.29, 0.717) is 5.92 Å². The number of ether oxygens (including phenoxy) is 1. The summed E-state index contributed by atoms with van der Waals surface area (Å²) in [6.45, 7) is 3.05. The molecule has 1 saturated heterocycles. The highest BCUT2D eigenvalue weighted by Gasteiger charge is 2.23. The van der Waals surface area contributed by atoms with Gasteiger partial charge in [0.2, 0.25) is 0 Å². The lowest BCUT2D eigenvalue weighted by atomic mass is 9.93. The highest BCUT2D eigenvalue weighted by Crippen LogP contribution is 2.29. The van der Waals surface area contributed by atoms with E-state index in [-0.39, 0.29) is 0 Å². The standard InChI is InChI=1S/C24H28N4O/c1-25-24-20(8-5-13-26-24)17-28-14-6-9-19(16-28)23-12-4-11-22(27-23)18-7-3-10-21(15-18)29-2/h3-5,7-8,10-13,15,19H,6,9,14,16-17H2,1-2H3,(H,25,26)/t19-/m1/s1. The fourth-order valence-corrected chi connectivity index (χ4v) is 4.09. The SMILES string of the molecule is CNc1ncccc1CN1CCC[C@@H](c2cccc(-c3cccc(OC)c3)n2)C1. The summed E-state index contributed by atoms with van der Waals surface area (Å²) in [5.41, 5.74) is 4.51. The third kappa shape index (κ3) is 4.57. The molecule has 0 radical (unpaired) electrons. The molecule has 1 aliphatic rings. The predicted octanol–water partition coefficient (Wildman–Crippen LogP) is 4.57. The van der Waals surface area contributed by atoms with Crippen LogP contribution in [0.5, 0.6) is 5.75 Å². The molecule has 4 rings (SSSR count). The van der Waals surface area contributed by atoms with Gasteiger partial charge in [-0.3, -0.25) is 9.88 Å². The van der Waals surface area contributed by atoms with Crippen LogP contribution in [0.3, 0.4) is 0 Å². The Labute approximate surface area is 172 Å². The van der Waals surface area contributed by atoms with Gasteiger partial charge in [-0.1, -0.05) is 24.3 Å². The number of nitrogens with one attached hydrogen (secondary N) is 1. The number of hydrogen-bond donors (Lipinski definition) is 1. The van der Waals surface area contributed by atoms with Crippen LogP contribution in [0.2, 0.25) is 0 Å². The maximum Gasteiger partial charge on any atom is 0.130 e. The van der Waals surface area contributed by atoms with E-state index >= 15 is 0 Å². The van der Waals surface area contributed by atoms with Crippen molar-refractivity contribution in [1.82, 2.24) is 14.9 Å². The van der Waals surface area contributed by atoms with Gasteiger partial charge in [0, 0.05) is 49.1 Å². The van der Waals surface area contributed by atoms with Gasteiger partial charge in [-0.15, -0.1) is 0 Å². The van der Waals surface area contributed by atoms with E-state index in [1.807, 2.05) is 37.5 Å². The Morgan fingerprint density at radius 2 is 2.03 bits per heavy atom. The molecule has 1 aliphatic heterocycles. The summed E-state index contributed by atoms with van der Waals surface area (Å²) in [6.07, 6.45) is 4.20. The van der Waals surface area contributed by atoms with Crippen LogP contribution in [0.25, 0.3) is 11.3 Å². The van der Waals surface area contributed by atoms with Gasteiger partial charge in [-0.2, -0.15) is 0 Å². The lowest BCUT2D eigenvalue weighted by molar-refractivity contribution is 0.198. The van der Waals surface area contributed by atoms with Gasteiger partial charge in [0.05, 0.1) is 12.8 Å². The summed E-state index contributed by atoms with van der Waals surface area (Å²) in [5, 5.41) is 3.20. The molecule has 0 amide bonds. The number of likely N-dealkylation sites (tertiary alicyclic amines) is 1. The van der Waals surface area contributed by atoms with Gasteiger partial charge in [0.1, 0.15) is 11.6 Å². The van der Waals surface area contributed by atoms with Crippen molar-refractivity contribution in [3.05, 3.63) is 72.1 Å². The first-order valence-corrected chi connectivity index (χ1v) is 10.2. The summed E-state index contributed by atoms with van der Waals surface area (Å²) in [6, 6.07) is 18.6. The summed E-state index contributed by atoms with van der Waals surface area (Å²) < 4.78 is 5.37. The van der Waals surface area contributed by atoms with Crippen LogP contribution >= 0.6 is 0 Å². The number of nitrogens with zero attached hydrogens (tertiary/aromatic N) is 3. The normalized spacial score (nSPS) is 17.1. The minimum atomic E-state index is 0.448. The molecule has 0 bridgehead atoms. The second-order valence-corrected chi connectivity index (χ2v) is 7.52. The zero-order valence-corrected chi connectivity index (χ0v) is 17.1. The number of methoxy groups -OCH3 is 1. The van der Waals surface area contributed by atoms with Gasteiger partial charge in [0.15, 0.2) is 0 Å². The Morgan fingerprint density at radius 3 is 2.90 bits per heavy atom. The Bertz CT molecular complexity index is 959. The van der Waals surface area contributed by atoms with Crippen LogP contribution in [0.4, 0.5) is 5.82 Å². The number of rotatable bonds is 6. The zero-order chi connectivity index (χ0) is 20.1. The highest BCUT2D eigenvalue weighted by atomic mass is 16.5. The molecule has 5 nitrogen and oxygen atoms in total. The van der Waals surface area contributed by atoms with Crippen molar-refractivity contribution in [2.75, 3.05) is 32.6 Å². The van der Waals surface area contributed by atoms with E-state index in [4.69, 9.17) is 9.72 Å². The molecular weight excluding hydrogens is 360 g/mol. The minimum Gasteiger partial charge on any atom is -0.497 e.